The summed E-state index contributed by atoms with van der Waals surface area (Å²) in [6.07, 6.45) is 2.31. The molecule has 140 valence electrons. The van der Waals surface area contributed by atoms with Crippen molar-refractivity contribution in [3.8, 4) is 5.75 Å². The SMILES string of the molecule is CC(C)Cc1ccc(OCCOCC(CC(C)C)[NH+](C)C)cc1.[Cl-]. The second kappa shape index (κ2) is 12.6. The third-order valence-electron chi connectivity index (χ3n) is 3.96. The summed E-state index contributed by atoms with van der Waals surface area (Å²) in [6.45, 7) is 11.1. The molecule has 1 unspecified atom stereocenters. The van der Waals surface area contributed by atoms with E-state index in [1.807, 2.05) is 0 Å². The molecule has 0 heterocycles. The van der Waals surface area contributed by atoms with Crippen LogP contribution in [0.2, 0.25) is 0 Å². The predicted octanol–water partition coefficient (Wildman–Crippen LogP) is -0.156. The number of nitrogens with one attached hydrogen (secondary N) is 1. The molecule has 0 aromatic heterocycles. The van der Waals surface area contributed by atoms with Crippen LogP contribution < -0.4 is 22.0 Å². The summed E-state index contributed by atoms with van der Waals surface area (Å²) in [5, 5.41) is 0. The van der Waals surface area contributed by atoms with Gasteiger partial charge in [0.25, 0.3) is 0 Å². The summed E-state index contributed by atoms with van der Waals surface area (Å²) in [6, 6.07) is 8.99. The lowest BCUT2D eigenvalue weighted by molar-refractivity contribution is -0.887. The lowest BCUT2D eigenvalue weighted by Gasteiger charge is -2.23. The van der Waals surface area contributed by atoms with Crippen LogP contribution in [0, 0.1) is 11.8 Å². The van der Waals surface area contributed by atoms with Gasteiger partial charge in [0.15, 0.2) is 0 Å². The minimum absolute atomic E-state index is 0. The first-order valence-electron chi connectivity index (χ1n) is 8.98. The minimum atomic E-state index is 0. The molecule has 3 nitrogen and oxygen atoms in total. The molecule has 0 spiro atoms. The molecule has 1 N–H and O–H groups in total. The van der Waals surface area contributed by atoms with Gasteiger partial charge in [-0.05, 0) is 36.0 Å². The largest absolute Gasteiger partial charge is 1.00 e. The van der Waals surface area contributed by atoms with Crippen molar-refractivity contribution < 1.29 is 26.8 Å². The van der Waals surface area contributed by atoms with Crippen molar-refractivity contribution in [2.24, 2.45) is 11.8 Å². The van der Waals surface area contributed by atoms with Crippen LogP contribution in [-0.2, 0) is 11.2 Å². The summed E-state index contributed by atoms with van der Waals surface area (Å²) in [5.41, 5.74) is 1.37. The molecule has 1 atom stereocenters. The van der Waals surface area contributed by atoms with Gasteiger partial charge in [-0.25, -0.2) is 0 Å². The van der Waals surface area contributed by atoms with Crippen LogP contribution in [0.15, 0.2) is 24.3 Å². The molecule has 4 heteroatoms. The molecule has 1 aromatic rings. The Morgan fingerprint density at radius 2 is 1.54 bits per heavy atom. The maximum absolute atomic E-state index is 5.81. The first-order valence-corrected chi connectivity index (χ1v) is 8.98. The Bertz CT molecular complexity index is 418. The van der Waals surface area contributed by atoms with Gasteiger partial charge in [-0.3, -0.25) is 0 Å². The highest BCUT2D eigenvalue weighted by Crippen LogP contribution is 2.14. The molecule has 0 fully saturated rings. The summed E-state index contributed by atoms with van der Waals surface area (Å²) in [5.74, 6) is 2.32. The summed E-state index contributed by atoms with van der Waals surface area (Å²) < 4.78 is 11.6. The summed E-state index contributed by atoms with van der Waals surface area (Å²) >= 11 is 0. The van der Waals surface area contributed by atoms with Crippen LogP contribution in [0.5, 0.6) is 5.75 Å². The normalized spacial score (nSPS) is 12.5. The fourth-order valence-electron chi connectivity index (χ4n) is 2.68. The Kier molecular flexibility index (Phi) is 12.2. The van der Waals surface area contributed by atoms with Crippen LogP contribution in [0.3, 0.4) is 0 Å². The van der Waals surface area contributed by atoms with Crippen molar-refractivity contribution in [2.45, 2.75) is 46.6 Å². The van der Waals surface area contributed by atoms with Crippen LogP contribution in [-0.4, -0.2) is 40.0 Å². The third-order valence-corrected chi connectivity index (χ3v) is 3.96. The van der Waals surface area contributed by atoms with Crippen LogP contribution in [0.1, 0.15) is 39.7 Å². The van der Waals surface area contributed by atoms with Crippen molar-refractivity contribution >= 4 is 0 Å². The van der Waals surface area contributed by atoms with Crippen molar-refractivity contribution in [3.63, 3.8) is 0 Å². The van der Waals surface area contributed by atoms with E-state index in [0.717, 1.165) is 18.8 Å². The van der Waals surface area contributed by atoms with Crippen molar-refractivity contribution in [1.29, 1.82) is 0 Å². The van der Waals surface area contributed by atoms with Gasteiger partial charge in [0, 0.05) is 6.42 Å². The molecule has 1 rings (SSSR count). The van der Waals surface area contributed by atoms with Gasteiger partial charge in [0.05, 0.1) is 27.3 Å². The smallest absolute Gasteiger partial charge is 0.119 e. The average Bonchev–Trinajstić information content (AvgIpc) is 2.46. The van der Waals surface area contributed by atoms with Crippen LogP contribution in [0.25, 0.3) is 0 Å². The number of rotatable bonds is 11. The van der Waals surface area contributed by atoms with E-state index in [-0.39, 0.29) is 12.4 Å². The molecule has 0 saturated carbocycles. The van der Waals surface area contributed by atoms with Crippen molar-refractivity contribution in [1.82, 2.24) is 0 Å². The van der Waals surface area contributed by atoms with Crippen LogP contribution >= 0.6 is 0 Å². The van der Waals surface area contributed by atoms with Gasteiger partial charge in [-0.1, -0.05) is 39.8 Å². The van der Waals surface area contributed by atoms with E-state index in [4.69, 9.17) is 9.47 Å². The fraction of sp³-hybridized carbons (Fsp3) is 0.700. The molecule has 0 aliphatic carbocycles. The quantitative estimate of drug-likeness (QED) is 0.556. The van der Waals surface area contributed by atoms with Gasteiger partial charge < -0.3 is 26.8 Å². The number of quaternary nitrogens is 1. The summed E-state index contributed by atoms with van der Waals surface area (Å²) in [4.78, 5) is 1.46. The molecule has 0 bridgehead atoms. The van der Waals surface area contributed by atoms with E-state index in [1.165, 1.54) is 16.9 Å². The van der Waals surface area contributed by atoms with Gasteiger partial charge >= 0.3 is 0 Å². The Morgan fingerprint density at radius 1 is 0.917 bits per heavy atom. The van der Waals surface area contributed by atoms with Gasteiger partial charge in [-0.2, -0.15) is 0 Å². The standard InChI is InChI=1S/C20H35NO2.ClH/c1-16(2)13-18-7-9-20(10-8-18)23-12-11-22-15-19(21(5)6)14-17(3)4;/h7-10,16-17,19H,11-15H2,1-6H3;1H. The van der Waals surface area contributed by atoms with E-state index in [1.54, 1.807) is 0 Å². The second-order valence-electron chi connectivity index (χ2n) is 7.57. The number of halogens is 1. The molecule has 0 amide bonds. The van der Waals surface area contributed by atoms with E-state index < -0.39 is 0 Å². The highest BCUT2D eigenvalue weighted by Gasteiger charge is 2.16. The Morgan fingerprint density at radius 3 is 2.04 bits per heavy atom. The van der Waals surface area contributed by atoms with E-state index in [2.05, 4.69) is 66.1 Å². The van der Waals surface area contributed by atoms with Gasteiger partial charge in [0.1, 0.15) is 18.4 Å². The van der Waals surface area contributed by atoms with Gasteiger partial charge in [0.2, 0.25) is 0 Å². The van der Waals surface area contributed by atoms with Crippen molar-refractivity contribution in [2.75, 3.05) is 33.9 Å². The average molecular weight is 358 g/mol. The maximum atomic E-state index is 5.81. The molecule has 24 heavy (non-hydrogen) atoms. The molecular weight excluding hydrogens is 322 g/mol. The molecule has 1 aromatic carbocycles. The Balaban J connectivity index is 0.00000529. The number of benzene rings is 1. The summed E-state index contributed by atoms with van der Waals surface area (Å²) in [7, 11) is 4.40. The van der Waals surface area contributed by atoms with Gasteiger partial charge in [-0.15, -0.1) is 0 Å². The monoisotopic (exact) mass is 357 g/mol. The number of ether oxygens (including phenoxy) is 2. The zero-order chi connectivity index (χ0) is 17.2. The second-order valence-corrected chi connectivity index (χ2v) is 7.57. The van der Waals surface area contributed by atoms with E-state index in [0.29, 0.717) is 31.1 Å². The van der Waals surface area contributed by atoms with Crippen LogP contribution in [0.4, 0.5) is 0 Å². The Hall–Kier alpha value is -0.770. The zero-order valence-corrected chi connectivity index (χ0v) is 17.0. The van der Waals surface area contributed by atoms with E-state index >= 15 is 0 Å². The predicted molar refractivity (Wildman–Crippen MR) is 97.4 cm³/mol. The number of hydrogen-bond acceptors (Lipinski definition) is 2. The highest BCUT2D eigenvalue weighted by atomic mass is 35.5. The molecule has 0 aliphatic rings. The molecular formula is C20H36ClNO2. The first-order chi connectivity index (χ1) is 10.9. The molecule has 0 radical (unpaired) electrons. The topological polar surface area (TPSA) is 22.9 Å². The third kappa shape index (κ3) is 10.2. The highest BCUT2D eigenvalue weighted by molar-refractivity contribution is 5.27. The fourth-order valence-corrected chi connectivity index (χ4v) is 2.68. The lowest BCUT2D eigenvalue weighted by Crippen LogP contribution is -3.10. The lowest BCUT2D eigenvalue weighted by atomic mass is 10.0. The minimum Gasteiger partial charge on any atom is -1.00 e. The van der Waals surface area contributed by atoms with Crippen molar-refractivity contribution in [3.05, 3.63) is 29.8 Å². The zero-order valence-electron chi connectivity index (χ0n) is 16.3. The number of likely N-dealkylation sites (N-methyl/N-ethyl adjacent to an activating group) is 1. The Labute approximate surface area is 155 Å². The number of hydrogen-bond donors (Lipinski definition) is 1. The molecule has 0 aliphatic heterocycles. The maximum Gasteiger partial charge on any atom is 0.119 e. The van der Waals surface area contributed by atoms with E-state index in [9.17, 15) is 0 Å². The first kappa shape index (κ1) is 23.2. The molecule has 0 saturated heterocycles.